The molecule has 1 aliphatic rings. The molecule has 1 fully saturated rings. The number of carbonyl (C=O) groups is 1. The van der Waals surface area contributed by atoms with Crippen molar-refractivity contribution >= 4 is 11.6 Å². The number of nitrogens with two attached hydrogens (primary N) is 2. The van der Waals surface area contributed by atoms with Crippen LogP contribution < -0.4 is 16.8 Å². The standard InChI is InChI=1S/C13H19N3O/c14-10-3-1-9(2-4-10)13(17)16-12-7-5-11(15)6-8-12/h1-4,11-12H,5-8,14-15H2,(H,16,17). The van der Waals surface area contributed by atoms with Gasteiger partial charge in [-0.15, -0.1) is 0 Å². The van der Waals surface area contributed by atoms with Crippen molar-refractivity contribution < 1.29 is 4.79 Å². The molecule has 4 nitrogen and oxygen atoms in total. The van der Waals surface area contributed by atoms with Crippen LogP contribution in [0.5, 0.6) is 0 Å². The van der Waals surface area contributed by atoms with E-state index in [2.05, 4.69) is 5.32 Å². The third-order valence-corrected chi connectivity index (χ3v) is 3.28. The number of anilines is 1. The molecule has 1 amide bonds. The van der Waals surface area contributed by atoms with Crippen molar-refractivity contribution in [2.45, 2.75) is 37.8 Å². The highest BCUT2D eigenvalue weighted by atomic mass is 16.1. The first kappa shape index (κ1) is 11.9. The summed E-state index contributed by atoms with van der Waals surface area (Å²) in [5.41, 5.74) is 12.7. The van der Waals surface area contributed by atoms with Crippen LogP contribution in [0.2, 0.25) is 0 Å². The molecule has 2 rings (SSSR count). The summed E-state index contributed by atoms with van der Waals surface area (Å²) in [5, 5.41) is 3.04. The quantitative estimate of drug-likeness (QED) is 0.673. The lowest BCUT2D eigenvalue weighted by Crippen LogP contribution is -2.40. The molecule has 0 spiro atoms. The van der Waals surface area contributed by atoms with E-state index in [0.29, 0.717) is 17.3 Å². The summed E-state index contributed by atoms with van der Waals surface area (Å²) < 4.78 is 0. The Kier molecular flexibility index (Phi) is 3.64. The zero-order valence-corrected chi connectivity index (χ0v) is 9.86. The average molecular weight is 233 g/mol. The molecule has 0 aliphatic heterocycles. The predicted molar refractivity (Wildman–Crippen MR) is 68.6 cm³/mol. The van der Waals surface area contributed by atoms with Gasteiger partial charge in [0, 0.05) is 23.3 Å². The second-order valence-electron chi connectivity index (χ2n) is 4.71. The van der Waals surface area contributed by atoms with E-state index in [-0.39, 0.29) is 11.9 Å². The zero-order chi connectivity index (χ0) is 12.3. The Morgan fingerprint density at radius 1 is 1.12 bits per heavy atom. The minimum Gasteiger partial charge on any atom is -0.399 e. The molecule has 1 saturated carbocycles. The molecule has 92 valence electrons. The summed E-state index contributed by atoms with van der Waals surface area (Å²) >= 11 is 0. The number of nitrogens with one attached hydrogen (secondary N) is 1. The largest absolute Gasteiger partial charge is 0.399 e. The number of benzene rings is 1. The zero-order valence-electron chi connectivity index (χ0n) is 9.86. The van der Waals surface area contributed by atoms with Crippen LogP contribution in [0.1, 0.15) is 36.0 Å². The fourth-order valence-electron chi connectivity index (χ4n) is 2.17. The van der Waals surface area contributed by atoms with Crippen molar-refractivity contribution in [2.24, 2.45) is 5.73 Å². The molecule has 0 heterocycles. The lowest BCUT2D eigenvalue weighted by molar-refractivity contribution is 0.0926. The molecule has 0 unspecified atom stereocenters. The molecular formula is C13H19N3O. The van der Waals surface area contributed by atoms with E-state index in [1.165, 1.54) is 0 Å². The van der Waals surface area contributed by atoms with Crippen LogP contribution in [0.15, 0.2) is 24.3 Å². The summed E-state index contributed by atoms with van der Waals surface area (Å²) in [7, 11) is 0. The topological polar surface area (TPSA) is 81.1 Å². The Morgan fingerprint density at radius 2 is 1.71 bits per heavy atom. The van der Waals surface area contributed by atoms with Gasteiger partial charge in [0.1, 0.15) is 0 Å². The van der Waals surface area contributed by atoms with Crippen LogP contribution in [0.3, 0.4) is 0 Å². The second kappa shape index (κ2) is 5.19. The molecule has 0 bridgehead atoms. The van der Waals surface area contributed by atoms with Gasteiger partial charge in [-0.25, -0.2) is 0 Å². The van der Waals surface area contributed by atoms with E-state index >= 15 is 0 Å². The minimum absolute atomic E-state index is 0.0227. The van der Waals surface area contributed by atoms with E-state index in [1.807, 2.05) is 0 Å². The van der Waals surface area contributed by atoms with Crippen molar-refractivity contribution in [2.75, 3.05) is 5.73 Å². The summed E-state index contributed by atoms with van der Waals surface area (Å²) in [6.45, 7) is 0. The van der Waals surface area contributed by atoms with Gasteiger partial charge >= 0.3 is 0 Å². The van der Waals surface area contributed by atoms with E-state index in [4.69, 9.17) is 11.5 Å². The monoisotopic (exact) mass is 233 g/mol. The summed E-state index contributed by atoms with van der Waals surface area (Å²) in [6.07, 6.45) is 3.93. The van der Waals surface area contributed by atoms with Crippen LogP contribution in [0.25, 0.3) is 0 Å². The van der Waals surface area contributed by atoms with Crippen LogP contribution in [-0.4, -0.2) is 18.0 Å². The normalized spacial score (nSPS) is 24.3. The number of rotatable bonds is 2. The third-order valence-electron chi connectivity index (χ3n) is 3.28. The lowest BCUT2D eigenvalue weighted by atomic mass is 9.91. The molecule has 17 heavy (non-hydrogen) atoms. The van der Waals surface area contributed by atoms with Gasteiger partial charge in [0.15, 0.2) is 0 Å². The van der Waals surface area contributed by atoms with Gasteiger partial charge in [-0.3, -0.25) is 4.79 Å². The van der Waals surface area contributed by atoms with Gasteiger partial charge < -0.3 is 16.8 Å². The Labute approximate surface area is 101 Å². The molecule has 5 N–H and O–H groups in total. The first-order chi connectivity index (χ1) is 8.15. The van der Waals surface area contributed by atoms with Gasteiger partial charge in [-0.05, 0) is 49.9 Å². The molecule has 0 radical (unpaired) electrons. The molecule has 1 aromatic rings. The van der Waals surface area contributed by atoms with Gasteiger partial charge in [-0.1, -0.05) is 0 Å². The van der Waals surface area contributed by atoms with E-state index in [1.54, 1.807) is 24.3 Å². The van der Waals surface area contributed by atoms with Crippen LogP contribution in [0, 0.1) is 0 Å². The van der Waals surface area contributed by atoms with Gasteiger partial charge in [0.2, 0.25) is 0 Å². The maximum Gasteiger partial charge on any atom is 0.251 e. The fraction of sp³-hybridized carbons (Fsp3) is 0.462. The number of carbonyl (C=O) groups excluding carboxylic acids is 1. The van der Waals surface area contributed by atoms with E-state index < -0.39 is 0 Å². The number of nitrogen functional groups attached to an aromatic ring is 1. The van der Waals surface area contributed by atoms with Crippen LogP contribution in [-0.2, 0) is 0 Å². The van der Waals surface area contributed by atoms with Crippen molar-refractivity contribution in [3.8, 4) is 0 Å². The Morgan fingerprint density at radius 3 is 2.29 bits per heavy atom. The fourth-order valence-corrected chi connectivity index (χ4v) is 2.17. The highest BCUT2D eigenvalue weighted by molar-refractivity contribution is 5.94. The highest BCUT2D eigenvalue weighted by Crippen LogP contribution is 2.17. The summed E-state index contributed by atoms with van der Waals surface area (Å²) in [4.78, 5) is 11.9. The molecule has 0 saturated heterocycles. The first-order valence-electron chi connectivity index (χ1n) is 6.07. The highest BCUT2D eigenvalue weighted by Gasteiger charge is 2.20. The minimum atomic E-state index is -0.0227. The maximum atomic E-state index is 11.9. The molecular weight excluding hydrogens is 214 g/mol. The van der Waals surface area contributed by atoms with Crippen LogP contribution >= 0.6 is 0 Å². The molecule has 4 heteroatoms. The van der Waals surface area contributed by atoms with Gasteiger partial charge in [-0.2, -0.15) is 0 Å². The average Bonchev–Trinajstić information content (AvgIpc) is 2.33. The Bertz CT molecular complexity index is 380. The Balaban J connectivity index is 1.91. The Hall–Kier alpha value is -1.55. The summed E-state index contributed by atoms with van der Waals surface area (Å²) in [5.74, 6) is -0.0227. The van der Waals surface area contributed by atoms with Gasteiger partial charge in [0.25, 0.3) is 5.91 Å². The predicted octanol–water partition coefficient (Wildman–Crippen LogP) is 1.27. The number of amides is 1. The third kappa shape index (κ3) is 3.20. The van der Waals surface area contributed by atoms with Crippen molar-refractivity contribution in [3.05, 3.63) is 29.8 Å². The molecule has 0 aromatic heterocycles. The maximum absolute atomic E-state index is 11.9. The second-order valence-corrected chi connectivity index (χ2v) is 4.71. The lowest BCUT2D eigenvalue weighted by Gasteiger charge is -2.26. The molecule has 1 aliphatic carbocycles. The van der Waals surface area contributed by atoms with E-state index in [9.17, 15) is 4.79 Å². The smallest absolute Gasteiger partial charge is 0.251 e. The number of hydrogen-bond donors (Lipinski definition) is 3. The SMILES string of the molecule is Nc1ccc(C(=O)NC2CCC(N)CC2)cc1. The van der Waals surface area contributed by atoms with Crippen molar-refractivity contribution in [1.82, 2.24) is 5.32 Å². The van der Waals surface area contributed by atoms with E-state index in [0.717, 1.165) is 25.7 Å². The summed E-state index contributed by atoms with van der Waals surface area (Å²) in [6, 6.07) is 7.55. The molecule has 0 atom stereocenters. The molecule has 1 aromatic carbocycles. The van der Waals surface area contributed by atoms with Crippen molar-refractivity contribution in [1.29, 1.82) is 0 Å². The van der Waals surface area contributed by atoms with Gasteiger partial charge in [0.05, 0.1) is 0 Å². The van der Waals surface area contributed by atoms with Crippen LogP contribution in [0.4, 0.5) is 5.69 Å². The van der Waals surface area contributed by atoms with Crippen molar-refractivity contribution in [3.63, 3.8) is 0 Å². The number of hydrogen-bond acceptors (Lipinski definition) is 3. The first-order valence-corrected chi connectivity index (χ1v) is 6.07.